The van der Waals surface area contributed by atoms with E-state index in [0.717, 1.165) is 10.9 Å². The van der Waals surface area contributed by atoms with Crippen LogP contribution < -0.4 is 5.32 Å². The maximum absolute atomic E-state index is 12.4. The third-order valence-electron chi connectivity index (χ3n) is 3.72. The van der Waals surface area contributed by atoms with E-state index in [9.17, 15) is 14.7 Å². The summed E-state index contributed by atoms with van der Waals surface area (Å²) < 4.78 is 0.558. The Kier molecular flexibility index (Phi) is 5.04. The van der Waals surface area contributed by atoms with Gasteiger partial charge in [0.2, 0.25) is 0 Å². The molecule has 2 aromatic heterocycles. The van der Waals surface area contributed by atoms with Crippen LogP contribution in [0.5, 0.6) is 0 Å². The number of hydrogen-bond acceptors (Lipinski definition) is 4. The molecular weight excluding hydrogens is 386 g/mol. The van der Waals surface area contributed by atoms with E-state index in [0.29, 0.717) is 15.7 Å². The summed E-state index contributed by atoms with van der Waals surface area (Å²) in [5.74, 6) is -1.59. The lowest BCUT2D eigenvalue weighted by Gasteiger charge is -2.15. The minimum absolute atomic E-state index is 0.122. The van der Waals surface area contributed by atoms with Crippen LogP contribution in [-0.2, 0) is 11.2 Å². The highest BCUT2D eigenvalue weighted by Crippen LogP contribution is 2.16. The number of benzene rings is 1. The number of hydrogen-bond donors (Lipinski definition) is 2. The number of rotatable bonds is 5. The third kappa shape index (κ3) is 4.00. The lowest BCUT2D eigenvalue weighted by atomic mass is 10.1. The Bertz CT molecular complexity index is 946. The summed E-state index contributed by atoms with van der Waals surface area (Å²) >= 11 is 3.29. The zero-order chi connectivity index (χ0) is 17.8. The molecule has 1 amide bonds. The molecule has 1 aromatic carbocycles. The molecule has 0 bridgehead atoms. The van der Waals surface area contributed by atoms with Crippen LogP contribution in [0.1, 0.15) is 15.9 Å². The Labute approximate surface area is 152 Å². The summed E-state index contributed by atoms with van der Waals surface area (Å²) in [6, 6.07) is 11.5. The Hall–Kier alpha value is -2.80. The van der Waals surface area contributed by atoms with Crippen LogP contribution in [0.15, 0.2) is 59.5 Å². The second-order valence-corrected chi connectivity index (χ2v) is 6.19. The van der Waals surface area contributed by atoms with Crippen LogP contribution >= 0.6 is 15.9 Å². The zero-order valence-corrected chi connectivity index (χ0v) is 14.6. The normalized spacial score (nSPS) is 11.9. The van der Waals surface area contributed by atoms with Crippen LogP contribution in [0.25, 0.3) is 10.9 Å². The summed E-state index contributed by atoms with van der Waals surface area (Å²) in [7, 11) is 0. The topological polar surface area (TPSA) is 92.2 Å². The van der Waals surface area contributed by atoms with Crippen molar-refractivity contribution in [2.24, 2.45) is 0 Å². The molecule has 0 aliphatic heterocycles. The second-order valence-electron chi connectivity index (χ2n) is 5.44. The summed E-state index contributed by atoms with van der Waals surface area (Å²) in [6.07, 6.45) is 3.16. The van der Waals surface area contributed by atoms with Crippen molar-refractivity contribution < 1.29 is 14.7 Å². The number of halogens is 1. The molecule has 0 aliphatic rings. The van der Waals surface area contributed by atoms with Gasteiger partial charge in [-0.15, -0.1) is 0 Å². The monoisotopic (exact) mass is 399 g/mol. The van der Waals surface area contributed by atoms with Crippen LogP contribution in [0.4, 0.5) is 0 Å². The number of aromatic nitrogens is 2. The van der Waals surface area contributed by atoms with Crippen LogP contribution in [0.2, 0.25) is 0 Å². The first-order valence-electron chi connectivity index (χ1n) is 7.52. The van der Waals surface area contributed by atoms with E-state index in [4.69, 9.17) is 0 Å². The maximum Gasteiger partial charge on any atom is 0.326 e. The Morgan fingerprint density at radius 1 is 1.16 bits per heavy atom. The van der Waals surface area contributed by atoms with Crippen molar-refractivity contribution in [3.8, 4) is 0 Å². The minimum atomic E-state index is -1.11. The number of carbonyl (C=O) groups is 2. The van der Waals surface area contributed by atoms with Crippen molar-refractivity contribution in [3.05, 3.63) is 70.6 Å². The molecule has 0 saturated heterocycles. The van der Waals surface area contributed by atoms with E-state index in [1.165, 1.54) is 6.20 Å². The highest BCUT2D eigenvalue weighted by molar-refractivity contribution is 9.10. The van der Waals surface area contributed by atoms with Gasteiger partial charge < -0.3 is 10.4 Å². The fourth-order valence-electron chi connectivity index (χ4n) is 2.43. The van der Waals surface area contributed by atoms with Crippen LogP contribution in [0.3, 0.4) is 0 Å². The molecule has 0 spiro atoms. The smallest absolute Gasteiger partial charge is 0.326 e. The van der Waals surface area contributed by atoms with Crippen molar-refractivity contribution in [1.29, 1.82) is 0 Å². The van der Waals surface area contributed by atoms with Gasteiger partial charge in [-0.2, -0.15) is 0 Å². The lowest BCUT2D eigenvalue weighted by molar-refractivity contribution is -0.139. The van der Waals surface area contributed by atoms with Crippen molar-refractivity contribution >= 4 is 38.7 Å². The van der Waals surface area contributed by atoms with Crippen molar-refractivity contribution in [2.75, 3.05) is 0 Å². The molecule has 2 heterocycles. The Morgan fingerprint density at radius 3 is 2.72 bits per heavy atom. The molecule has 1 atom stereocenters. The molecule has 3 rings (SSSR count). The van der Waals surface area contributed by atoms with Crippen molar-refractivity contribution in [1.82, 2.24) is 15.3 Å². The van der Waals surface area contributed by atoms with E-state index in [1.807, 2.05) is 24.3 Å². The predicted octanol–water partition coefficient (Wildman–Crippen LogP) is 2.82. The first-order valence-corrected chi connectivity index (χ1v) is 8.32. The fraction of sp³-hybridized carbons (Fsp3) is 0.111. The van der Waals surface area contributed by atoms with Gasteiger partial charge in [-0.1, -0.05) is 24.3 Å². The highest BCUT2D eigenvalue weighted by Gasteiger charge is 2.22. The van der Waals surface area contributed by atoms with Gasteiger partial charge in [0.05, 0.1) is 11.1 Å². The standard InChI is InChI=1S/C18H14BrN3O3/c19-16-12(5-3-7-20-16)9-15(18(24)25)22-17(23)13-8-11-4-1-2-6-14(11)21-10-13/h1-8,10,15H,9H2,(H,22,23)(H,24,25)/t15-/m0/s1. The second kappa shape index (κ2) is 7.40. The number of fused-ring (bicyclic) bond motifs is 1. The molecule has 7 heteroatoms. The molecule has 6 nitrogen and oxygen atoms in total. The van der Waals surface area contributed by atoms with Gasteiger partial charge in [0.1, 0.15) is 10.6 Å². The molecule has 3 aromatic rings. The molecule has 2 N–H and O–H groups in total. The zero-order valence-electron chi connectivity index (χ0n) is 13.0. The Morgan fingerprint density at radius 2 is 1.96 bits per heavy atom. The fourth-order valence-corrected chi connectivity index (χ4v) is 2.84. The van der Waals surface area contributed by atoms with E-state index in [-0.39, 0.29) is 6.42 Å². The SMILES string of the molecule is O=C(N[C@@H](Cc1cccnc1Br)C(=O)O)c1cnc2ccccc2c1. The van der Waals surface area contributed by atoms with Gasteiger partial charge in [-0.05, 0) is 39.7 Å². The number of carboxylic acid groups (broad SMARTS) is 1. The van der Waals surface area contributed by atoms with Gasteiger partial charge in [0.25, 0.3) is 5.91 Å². The maximum atomic E-state index is 12.4. The summed E-state index contributed by atoms with van der Waals surface area (Å²) in [6.45, 7) is 0. The average Bonchev–Trinajstić information content (AvgIpc) is 2.62. The number of para-hydroxylation sites is 1. The molecule has 0 unspecified atom stereocenters. The van der Waals surface area contributed by atoms with Gasteiger partial charge in [0, 0.05) is 24.2 Å². The Balaban J connectivity index is 1.80. The highest BCUT2D eigenvalue weighted by atomic mass is 79.9. The number of nitrogens with zero attached hydrogens (tertiary/aromatic N) is 2. The van der Waals surface area contributed by atoms with E-state index in [1.54, 1.807) is 24.4 Å². The molecule has 0 fully saturated rings. The minimum Gasteiger partial charge on any atom is -0.480 e. The number of pyridine rings is 2. The van der Waals surface area contributed by atoms with Gasteiger partial charge in [-0.25, -0.2) is 9.78 Å². The van der Waals surface area contributed by atoms with E-state index < -0.39 is 17.9 Å². The number of amides is 1. The molecule has 0 saturated carbocycles. The molecular formula is C18H14BrN3O3. The average molecular weight is 400 g/mol. The largest absolute Gasteiger partial charge is 0.480 e. The quantitative estimate of drug-likeness (QED) is 0.643. The van der Waals surface area contributed by atoms with E-state index in [2.05, 4.69) is 31.2 Å². The van der Waals surface area contributed by atoms with E-state index >= 15 is 0 Å². The first-order chi connectivity index (χ1) is 12.0. The molecule has 0 aliphatic carbocycles. The molecule has 0 radical (unpaired) electrons. The van der Waals surface area contributed by atoms with Crippen LogP contribution in [0, 0.1) is 0 Å². The predicted molar refractivity (Wildman–Crippen MR) is 96.3 cm³/mol. The van der Waals surface area contributed by atoms with Crippen molar-refractivity contribution in [2.45, 2.75) is 12.5 Å². The summed E-state index contributed by atoms with van der Waals surface area (Å²) in [4.78, 5) is 32.3. The summed E-state index contributed by atoms with van der Waals surface area (Å²) in [5, 5.41) is 12.8. The van der Waals surface area contributed by atoms with Crippen LogP contribution in [-0.4, -0.2) is 33.0 Å². The van der Waals surface area contributed by atoms with Gasteiger partial charge in [0.15, 0.2) is 0 Å². The number of nitrogens with one attached hydrogen (secondary N) is 1. The molecule has 25 heavy (non-hydrogen) atoms. The number of aliphatic carboxylic acids is 1. The third-order valence-corrected chi connectivity index (χ3v) is 4.43. The van der Waals surface area contributed by atoms with Crippen molar-refractivity contribution in [3.63, 3.8) is 0 Å². The number of carboxylic acids is 1. The summed E-state index contributed by atoms with van der Waals surface area (Å²) in [5.41, 5.74) is 1.79. The number of carbonyl (C=O) groups excluding carboxylic acids is 1. The lowest BCUT2D eigenvalue weighted by Crippen LogP contribution is -2.42. The first kappa shape index (κ1) is 17.0. The molecule has 126 valence electrons. The van der Waals surface area contributed by atoms with Gasteiger partial charge >= 0.3 is 5.97 Å². The van der Waals surface area contributed by atoms with Gasteiger partial charge in [-0.3, -0.25) is 9.78 Å².